The average molecular weight is 428 g/mol. The highest BCUT2D eigenvalue weighted by Crippen LogP contribution is 2.18. The standard InChI is InChI=1S/C22H22ClN3O2S/c1-26(2)11-12-29-18-9-5-16(6-10-18)14-20-22(28)24-19(21(27)25-20)13-15-3-7-17(23)8-4-15/h3-10,13-14H,11-12H2,1-2H3,(H,24,28)(H,25,27)/b19-13-,20-14-. The Hall–Kier alpha value is -2.54. The van der Waals surface area contributed by atoms with Crippen molar-refractivity contribution in [3.63, 3.8) is 0 Å². The summed E-state index contributed by atoms with van der Waals surface area (Å²) in [5, 5.41) is 1.02. The normalized spacial score (nSPS) is 12.7. The van der Waals surface area contributed by atoms with Gasteiger partial charge in [0.2, 0.25) is 0 Å². The SMILES string of the molecule is CN(C)CCSc1ccc(/C=c2\[nH]c(=O)/c(=C/c3ccc(Cl)cc3)[nH]c2=O)cc1. The van der Waals surface area contributed by atoms with E-state index >= 15 is 0 Å². The molecule has 5 nitrogen and oxygen atoms in total. The minimum absolute atomic E-state index is 0.196. The summed E-state index contributed by atoms with van der Waals surface area (Å²) in [6, 6.07) is 14.9. The first kappa shape index (κ1) is 21.2. The Bertz CT molecular complexity index is 1200. The van der Waals surface area contributed by atoms with Gasteiger partial charge in [0.05, 0.1) is 0 Å². The Balaban J connectivity index is 1.85. The van der Waals surface area contributed by atoms with Crippen LogP contribution in [-0.2, 0) is 0 Å². The quantitative estimate of drug-likeness (QED) is 0.590. The van der Waals surface area contributed by atoms with E-state index < -0.39 is 0 Å². The molecule has 0 fully saturated rings. The van der Waals surface area contributed by atoms with Gasteiger partial charge in [-0.15, -0.1) is 11.8 Å². The van der Waals surface area contributed by atoms with Crippen LogP contribution in [-0.4, -0.2) is 41.3 Å². The number of nitrogens with one attached hydrogen (secondary N) is 2. The number of H-pyrrole nitrogens is 2. The number of aromatic nitrogens is 2. The summed E-state index contributed by atoms with van der Waals surface area (Å²) in [6.45, 7) is 1.01. The van der Waals surface area contributed by atoms with Crippen LogP contribution in [0.2, 0.25) is 5.02 Å². The van der Waals surface area contributed by atoms with Crippen LogP contribution in [0.25, 0.3) is 12.2 Å². The lowest BCUT2D eigenvalue weighted by Crippen LogP contribution is -2.46. The lowest BCUT2D eigenvalue weighted by atomic mass is 10.2. The Labute approximate surface area is 177 Å². The Kier molecular flexibility index (Phi) is 7.14. The Morgan fingerprint density at radius 1 is 0.862 bits per heavy atom. The predicted octanol–water partition coefficient (Wildman–Crippen LogP) is 2.03. The van der Waals surface area contributed by atoms with Gasteiger partial charge < -0.3 is 14.9 Å². The molecule has 0 bridgehead atoms. The van der Waals surface area contributed by atoms with E-state index in [0.717, 1.165) is 23.4 Å². The molecule has 0 aliphatic heterocycles. The number of thioether (sulfide) groups is 1. The molecular weight excluding hydrogens is 406 g/mol. The van der Waals surface area contributed by atoms with Crippen molar-refractivity contribution in [1.29, 1.82) is 0 Å². The number of benzene rings is 2. The number of nitrogens with zero attached hydrogens (tertiary/aromatic N) is 1. The Morgan fingerprint density at radius 2 is 1.34 bits per heavy atom. The number of rotatable bonds is 6. The highest BCUT2D eigenvalue weighted by Gasteiger charge is 1.99. The summed E-state index contributed by atoms with van der Waals surface area (Å²) < 4.78 is 0. The van der Waals surface area contributed by atoms with Crippen LogP contribution >= 0.6 is 23.4 Å². The zero-order valence-electron chi connectivity index (χ0n) is 16.2. The van der Waals surface area contributed by atoms with Gasteiger partial charge in [-0.1, -0.05) is 35.9 Å². The molecule has 0 saturated carbocycles. The highest BCUT2D eigenvalue weighted by atomic mass is 35.5. The van der Waals surface area contributed by atoms with Crippen molar-refractivity contribution in [3.05, 3.63) is 96.1 Å². The topological polar surface area (TPSA) is 69.0 Å². The fourth-order valence-corrected chi connectivity index (χ4v) is 3.74. The molecule has 0 spiro atoms. The van der Waals surface area contributed by atoms with E-state index in [1.54, 1.807) is 48.2 Å². The van der Waals surface area contributed by atoms with Crippen molar-refractivity contribution in [3.8, 4) is 0 Å². The van der Waals surface area contributed by atoms with Crippen LogP contribution in [0.4, 0.5) is 0 Å². The van der Waals surface area contributed by atoms with Crippen LogP contribution in [0.5, 0.6) is 0 Å². The number of hydrogen-bond acceptors (Lipinski definition) is 4. The molecule has 1 aromatic heterocycles. The monoisotopic (exact) mass is 427 g/mol. The third kappa shape index (κ3) is 6.22. The molecule has 3 rings (SSSR count). The number of aromatic amines is 2. The van der Waals surface area contributed by atoms with E-state index in [9.17, 15) is 9.59 Å². The predicted molar refractivity (Wildman–Crippen MR) is 121 cm³/mol. The molecule has 29 heavy (non-hydrogen) atoms. The zero-order valence-corrected chi connectivity index (χ0v) is 17.8. The molecule has 3 aromatic rings. The number of halogens is 1. The van der Waals surface area contributed by atoms with Gasteiger partial charge in [-0.3, -0.25) is 9.59 Å². The van der Waals surface area contributed by atoms with Crippen molar-refractivity contribution in [2.75, 3.05) is 26.4 Å². The fourth-order valence-electron chi connectivity index (χ4n) is 2.59. The van der Waals surface area contributed by atoms with Crippen LogP contribution in [0.3, 0.4) is 0 Å². The lowest BCUT2D eigenvalue weighted by Gasteiger charge is -2.08. The molecule has 0 aliphatic rings. The second-order valence-electron chi connectivity index (χ2n) is 6.80. The second kappa shape index (κ2) is 9.78. The first-order valence-corrected chi connectivity index (χ1v) is 10.5. The molecule has 0 amide bonds. The smallest absolute Gasteiger partial charge is 0.272 e. The molecule has 1 heterocycles. The minimum atomic E-state index is -0.360. The average Bonchev–Trinajstić information content (AvgIpc) is 2.68. The molecule has 0 radical (unpaired) electrons. The molecule has 2 N–H and O–H groups in total. The van der Waals surface area contributed by atoms with E-state index in [2.05, 4.69) is 29.0 Å². The van der Waals surface area contributed by atoms with Crippen molar-refractivity contribution >= 4 is 35.5 Å². The third-order valence-electron chi connectivity index (χ3n) is 4.16. The van der Waals surface area contributed by atoms with Gasteiger partial charge in [-0.05, 0) is 61.6 Å². The van der Waals surface area contributed by atoms with Crippen LogP contribution < -0.4 is 21.8 Å². The summed E-state index contributed by atoms with van der Waals surface area (Å²) in [4.78, 5) is 33.4. The first-order valence-electron chi connectivity index (χ1n) is 9.10. The number of hydrogen-bond donors (Lipinski definition) is 2. The zero-order chi connectivity index (χ0) is 20.8. The maximum atomic E-state index is 12.4. The van der Waals surface area contributed by atoms with E-state index in [0.29, 0.717) is 5.02 Å². The molecule has 7 heteroatoms. The minimum Gasteiger partial charge on any atom is -0.316 e. The second-order valence-corrected chi connectivity index (χ2v) is 8.40. The molecule has 2 aromatic carbocycles. The maximum absolute atomic E-state index is 12.4. The summed E-state index contributed by atoms with van der Waals surface area (Å²) in [5.41, 5.74) is 0.906. The molecule has 150 valence electrons. The van der Waals surface area contributed by atoms with Gasteiger partial charge in [0.15, 0.2) is 0 Å². The summed E-state index contributed by atoms with van der Waals surface area (Å²) in [6.07, 6.45) is 3.28. The Morgan fingerprint density at radius 3 is 1.83 bits per heavy atom. The van der Waals surface area contributed by atoms with Gasteiger partial charge in [0.1, 0.15) is 10.7 Å². The third-order valence-corrected chi connectivity index (χ3v) is 5.41. The van der Waals surface area contributed by atoms with Crippen molar-refractivity contribution < 1.29 is 0 Å². The molecule has 0 aliphatic carbocycles. The van der Waals surface area contributed by atoms with Gasteiger partial charge in [0.25, 0.3) is 11.1 Å². The van der Waals surface area contributed by atoms with Crippen molar-refractivity contribution in [1.82, 2.24) is 14.9 Å². The maximum Gasteiger partial charge on any atom is 0.272 e. The van der Waals surface area contributed by atoms with Crippen molar-refractivity contribution in [2.24, 2.45) is 0 Å². The highest BCUT2D eigenvalue weighted by molar-refractivity contribution is 7.99. The molecular formula is C22H22ClN3O2S. The van der Waals surface area contributed by atoms with E-state index in [1.807, 2.05) is 24.3 Å². The van der Waals surface area contributed by atoms with E-state index in [1.165, 1.54) is 4.90 Å². The van der Waals surface area contributed by atoms with E-state index in [-0.39, 0.29) is 21.8 Å². The summed E-state index contributed by atoms with van der Waals surface area (Å²) >= 11 is 7.65. The summed E-state index contributed by atoms with van der Waals surface area (Å²) in [5.74, 6) is 1.01. The lowest BCUT2D eigenvalue weighted by molar-refractivity contribution is 0.437. The van der Waals surface area contributed by atoms with Gasteiger partial charge in [0, 0.05) is 22.2 Å². The van der Waals surface area contributed by atoms with Gasteiger partial charge in [-0.25, -0.2) is 0 Å². The van der Waals surface area contributed by atoms with Crippen LogP contribution in [0.15, 0.2) is 63.0 Å². The van der Waals surface area contributed by atoms with Crippen molar-refractivity contribution in [2.45, 2.75) is 4.90 Å². The molecule has 0 saturated heterocycles. The molecule has 0 unspecified atom stereocenters. The van der Waals surface area contributed by atoms with Crippen LogP contribution in [0.1, 0.15) is 11.1 Å². The van der Waals surface area contributed by atoms with Crippen LogP contribution in [0, 0.1) is 0 Å². The van der Waals surface area contributed by atoms with Gasteiger partial charge in [-0.2, -0.15) is 0 Å². The first-order chi connectivity index (χ1) is 13.9. The largest absolute Gasteiger partial charge is 0.316 e. The van der Waals surface area contributed by atoms with E-state index in [4.69, 9.17) is 11.6 Å². The fraction of sp³-hybridized carbons (Fsp3) is 0.182. The van der Waals surface area contributed by atoms with Gasteiger partial charge >= 0.3 is 0 Å². The summed E-state index contributed by atoms with van der Waals surface area (Å²) in [7, 11) is 4.10. The molecule has 0 atom stereocenters.